The zero-order chi connectivity index (χ0) is 30.4. The third-order valence-electron chi connectivity index (χ3n) is 6.67. The zero-order valence-corrected chi connectivity index (χ0v) is 29.0. The summed E-state index contributed by atoms with van der Waals surface area (Å²) >= 11 is -1.92. The van der Waals surface area contributed by atoms with Crippen LogP contribution in [0.3, 0.4) is 0 Å². The quantitative estimate of drug-likeness (QED) is 0.233. The first-order valence-corrected chi connectivity index (χ1v) is 19.0. The molecule has 0 atom stereocenters. The van der Waals surface area contributed by atoms with Gasteiger partial charge in [0.05, 0.1) is 0 Å². The van der Waals surface area contributed by atoms with Gasteiger partial charge in [0.1, 0.15) is 0 Å². The van der Waals surface area contributed by atoms with Gasteiger partial charge >= 0.3 is 121 Å². The van der Waals surface area contributed by atoms with E-state index in [1.165, 1.54) is 44.8 Å². The molecule has 1 heterocycles. The molecule has 1 aliphatic heterocycles. The van der Waals surface area contributed by atoms with Crippen LogP contribution in [0.1, 0.15) is 52.8 Å². The van der Waals surface area contributed by atoms with E-state index >= 15 is 0 Å². The van der Waals surface area contributed by atoms with Crippen LogP contribution in [0.4, 0.5) is 11.4 Å². The van der Waals surface area contributed by atoms with Crippen LogP contribution in [0.5, 0.6) is 17.2 Å². The summed E-state index contributed by atoms with van der Waals surface area (Å²) in [4.78, 5) is 4.56. The van der Waals surface area contributed by atoms with Gasteiger partial charge in [-0.05, 0) is 63.8 Å². The molecule has 1 fully saturated rings. The number of aryl methyl sites for hydroxylation is 6. The molecular formula is C33H42Cl2N2O3Ru. The number of rotatable bonds is 7. The Bertz CT molecular complexity index is 1290. The Balaban J connectivity index is 0.000000233. The van der Waals surface area contributed by atoms with E-state index in [1.54, 1.807) is 20.3 Å². The topological polar surface area (TPSA) is 34.2 Å². The summed E-state index contributed by atoms with van der Waals surface area (Å²) < 4.78 is 18.0. The van der Waals surface area contributed by atoms with E-state index in [0.29, 0.717) is 17.2 Å². The maximum Gasteiger partial charge on any atom is 0.208 e. The molecule has 224 valence electrons. The van der Waals surface area contributed by atoms with Crippen molar-refractivity contribution in [3.63, 3.8) is 0 Å². The second-order valence-corrected chi connectivity index (χ2v) is 16.3. The second-order valence-electron chi connectivity index (χ2n) is 10.6. The van der Waals surface area contributed by atoms with E-state index in [4.69, 9.17) is 33.6 Å². The van der Waals surface area contributed by atoms with Crippen LogP contribution < -0.4 is 24.0 Å². The van der Waals surface area contributed by atoms with E-state index in [2.05, 4.69) is 82.3 Å². The number of halogens is 2. The molecule has 3 aromatic rings. The fourth-order valence-corrected chi connectivity index (χ4v) is 7.14. The van der Waals surface area contributed by atoms with Crippen molar-refractivity contribution in [2.45, 2.75) is 61.5 Å². The van der Waals surface area contributed by atoms with Crippen molar-refractivity contribution < 1.29 is 27.7 Å². The Hall–Kier alpha value is -2.27. The average Bonchev–Trinajstić information content (AvgIpc) is 3.32. The summed E-state index contributed by atoms with van der Waals surface area (Å²) in [5.74, 6) is 1.94. The molecule has 1 aliphatic rings. The normalized spacial score (nSPS) is 13.1. The Morgan fingerprint density at radius 1 is 0.707 bits per heavy atom. The molecule has 1 saturated heterocycles. The summed E-state index contributed by atoms with van der Waals surface area (Å²) in [5.41, 5.74) is 11.4. The maximum atomic E-state index is 5.92. The van der Waals surface area contributed by atoms with Crippen LogP contribution in [-0.2, 0) is 13.5 Å². The van der Waals surface area contributed by atoms with Crippen LogP contribution >= 0.6 is 19.4 Å². The second kappa shape index (κ2) is 14.8. The molecule has 3 aromatic carbocycles. The number of hydrogen-bond donors (Lipinski definition) is 0. The van der Waals surface area contributed by atoms with Gasteiger partial charge in [-0.3, -0.25) is 0 Å². The first-order chi connectivity index (χ1) is 19.3. The van der Waals surface area contributed by atoms with Crippen LogP contribution in [0.25, 0.3) is 0 Å². The standard InChI is InChI=1S/C21H26N2.C12H16O3.2ClH.Ru/c1-14-9-16(3)20(17(4)10-14)22-7-8-23(13-22)21-18(5)11-15(2)12-19(21)6;1-8(2)15-10-7-12(14-5)11(13-4)6-9(10)3;;;/h9-12H,7-8H2,1-6H3;3,6-8H,1-2,4-5H3;2*1H;/q;;;;+2/p-2. The van der Waals surface area contributed by atoms with Crippen LogP contribution in [0.2, 0.25) is 0 Å². The number of anilines is 2. The van der Waals surface area contributed by atoms with E-state index in [1.807, 2.05) is 24.5 Å². The molecule has 0 N–H and O–H groups in total. The number of hydrogen-bond acceptors (Lipinski definition) is 5. The smallest absolute Gasteiger partial charge is 0.208 e. The largest absolute Gasteiger partial charge is 0.339 e. The third-order valence-corrected chi connectivity index (χ3v) is 8.50. The van der Waals surface area contributed by atoms with Crippen molar-refractivity contribution in [1.82, 2.24) is 0 Å². The predicted molar refractivity (Wildman–Crippen MR) is 171 cm³/mol. The summed E-state index contributed by atoms with van der Waals surface area (Å²) in [5, 5.41) is 0. The van der Waals surface area contributed by atoms with Crippen molar-refractivity contribution in [1.29, 1.82) is 0 Å². The number of benzene rings is 3. The van der Waals surface area contributed by atoms with Gasteiger partial charge in [0, 0.05) is 24.5 Å². The minimum absolute atomic E-state index is 0.0570. The molecule has 41 heavy (non-hydrogen) atoms. The van der Waals surface area contributed by atoms with Crippen molar-refractivity contribution >= 4 is 35.4 Å². The SMILES string of the molecule is COc1cc([CH]=[Ru]([Cl])[Cl])c(OC(C)C)cc1OC.Cc1cc(C)c(N2[C]N(c3c(C)cc(C)cc3C)CC2)c(C)c1. The van der Waals surface area contributed by atoms with E-state index in [0.717, 1.165) is 18.7 Å². The van der Waals surface area contributed by atoms with Gasteiger partial charge in [-0.15, -0.1) is 0 Å². The molecule has 5 nitrogen and oxygen atoms in total. The minimum atomic E-state index is -1.92. The molecule has 0 bridgehead atoms. The summed E-state index contributed by atoms with van der Waals surface area (Å²) in [6, 6.07) is 12.6. The molecule has 0 amide bonds. The van der Waals surface area contributed by atoms with Crippen molar-refractivity contribution in [3.8, 4) is 17.2 Å². The van der Waals surface area contributed by atoms with Gasteiger partial charge in [-0.25, -0.2) is 0 Å². The van der Waals surface area contributed by atoms with Gasteiger partial charge in [0.25, 0.3) is 0 Å². The van der Waals surface area contributed by atoms with Crippen LogP contribution in [-0.4, -0.2) is 38.0 Å². The predicted octanol–water partition coefficient (Wildman–Crippen LogP) is 8.43. The van der Waals surface area contributed by atoms with E-state index in [-0.39, 0.29) is 6.10 Å². The Morgan fingerprint density at radius 3 is 1.49 bits per heavy atom. The van der Waals surface area contributed by atoms with Crippen LogP contribution in [0, 0.1) is 48.2 Å². The maximum absolute atomic E-state index is 5.92. The van der Waals surface area contributed by atoms with Gasteiger partial charge in [0.2, 0.25) is 6.67 Å². The van der Waals surface area contributed by atoms with Crippen molar-refractivity contribution in [2.24, 2.45) is 0 Å². The van der Waals surface area contributed by atoms with Gasteiger partial charge < -0.3 is 9.80 Å². The summed E-state index contributed by atoms with van der Waals surface area (Å²) in [6.07, 6.45) is 0.0570. The minimum Gasteiger partial charge on any atom is -0.339 e. The number of ether oxygens (including phenoxy) is 3. The summed E-state index contributed by atoms with van der Waals surface area (Å²) in [6.45, 7) is 22.6. The molecule has 0 saturated carbocycles. The fraction of sp³-hybridized carbons (Fsp3) is 0.394. The molecule has 2 radical (unpaired) electrons. The Labute approximate surface area is 259 Å². The zero-order valence-electron chi connectivity index (χ0n) is 25.8. The average molecular weight is 687 g/mol. The Morgan fingerprint density at radius 2 is 1.12 bits per heavy atom. The monoisotopic (exact) mass is 686 g/mol. The number of nitrogens with zero attached hydrogens (tertiary/aromatic N) is 2. The molecule has 8 heteroatoms. The third kappa shape index (κ3) is 8.63. The molecular weight excluding hydrogens is 644 g/mol. The molecule has 0 aromatic heterocycles. The fourth-order valence-electron chi connectivity index (χ4n) is 5.36. The van der Waals surface area contributed by atoms with Gasteiger partial charge in [-0.1, -0.05) is 35.4 Å². The molecule has 0 aliphatic carbocycles. The van der Waals surface area contributed by atoms with Crippen molar-refractivity contribution in [2.75, 3.05) is 37.1 Å². The summed E-state index contributed by atoms with van der Waals surface area (Å²) in [7, 11) is 15.0. The number of methoxy groups -OCH3 is 2. The van der Waals surface area contributed by atoms with E-state index < -0.39 is 13.5 Å². The van der Waals surface area contributed by atoms with Gasteiger partial charge in [-0.2, -0.15) is 0 Å². The molecule has 4 rings (SSSR count). The first kappa shape index (κ1) is 33.2. The van der Waals surface area contributed by atoms with Crippen LogP contribution in [0.15, 0.2) is 36.4 Å². The molecule has 0 unspecified atom stereocenters. The van der Waals surface area contributed by atoms with Gasteiger partial charge in [0.15, 0.2) is 0 Å². The molecule has 0 spiro atoms. The van der Waals surface area contributed by atoms with Crippen molar-refractivity contribution in [3.05, 3.63) is 82.0 Å². The van der Waals surface area contributed by atoms with E-state index in [9.17, 15) is 0 Å². The Kier molecular flexibility index (Phi) is 12.0. The first-order valence-electron chi connectivity index (χ1n) is 13.6.